The quantitative estimate of drug-likeness (QED) is 0.398. The average molecular weight is 430 g/mol. The van der Waals surface area contributed by atoms with E-state index in [4.69, 9.17) is 4.74 Å². The third-order valence-corrected chi connectivity index (χ3v) is 4.95. The summed E-state index contributed by atoms with van der Waals surface area (Å²) in [6.07, 6.45) is 0.0950. The Kier molecular flexibility index (Phi) is 8.15. The molecule has 32 heavy (non-hydrogen) atoms. The second kappa shape index (κ2) is 11.5. The maximum Gasteiger partial charge on any atom is 0.252 e. The van der Waals surface area contributed by atoms with Crippen LogP contribution in [0.15, 0.2) is 90.0 Å². The number of benzene rings is 3. The minimum absolute atomic E-state index is 0.0950. The third kappa shape index (κ3) is 6.54. The number of hydrogen-bond donors (Lipinski definition) is 2. The summed E-state index contributed by atoms with van der Waals surface area (Å²) in [6.45, 7) is 2.12. The van der Waals surface area contributed by atoms with Crippen molar-refractivity contribution in [3.8, 4) is 5.75 Å². The second-order valence-electron chi connectivity index (χ2n) is 7.38. The van der Waals surface area contributed by atoms with Crippen LogP contribution in [-0.2, 0) is 16.1 Å². The lowest BCUT2D eigenvalue weighted by Gasteiger charge is -2.16. The van der Waals surface area contributed by atoms with Gasteiger partial charge in [-0.3, -0.25) is 9.59 Å². The molecule has 0 saturated heterocycles. The number of hydrogen-bond acceptors (Lipinski definition) is 4. The minimum Gasteiger partial charge on any atom is -0.497 e. The predicted octanol–water partition coefficient (Wildman–Crippen LogP) is 4.03. The molecule has 0 aromatic heterocycles. The zero-order valence-corrected chi connectivity index (χ0v) is 18.2. The molecule has 6 heteroatoms. The first kappa shape index (κ1) is 22.7. The van der Waals surface area contributed by atoms with Crippen LogP contribution >= 0.6 is 0 Å². The van der Waals surface area contributed by atoms with Crippen molar-refractivity contribution in [2.24, 2.45) is 5.10 Å². The van der Waals surface area contributed by atoms with Crippen molar-refractivity contribution in [2.45, 2.75) is 25.8 Å². The highest BCUT2D eigenvalue weighted by atomic mass is 16.5. The highest BCUT2D eigenvalue weighted by Crippen LogP contribution is 2.24. The molecule has 0 spiro atoms. The maximum atomic E-state index is 13.0. The smallest absolute Gasteiger partial charge is 0.252 e. The fourth-order valence-corrected chi connectivity index (χ4v) is 3.28. The molecular weight excluding hydrogens is 402 g/mol. The number of carbonyl (C=O) groups is 2. The number of ether oxygens (including phenoxy) is 1. The summed E-state index contributed by atoms with van der Waals surface area (Å²) in [5.41, 5.74) is 5.87. The van der Waals surface area contributed by atoms with Gasteiger partial charge in [-0.1, -0.05) is 72.8 Å². The van der Waals surface area contributed by atoms with Crippen molar-refractivity contribution in [3.63, 3.8) is 0 Å². The van der Waals surface area contributed by atoms with E-state index in [9.17, 15) is 9.59 Å². The van der Waals surface area contributed by atoms with Gasteiger partial charge in [-0.15, -0.1) is 0 Å². The van der Waals surface area contributed by atoms with E-state index in [0.29, 0.717) is 12.3 Å². The molecule has 0 aliphatic carbocycles. The van der Waals surface area contributed by atoms with E-state index >= 15 is 0 Å². The minimum atomic E-state index is -0.488. The predicted molar refractivity (Wildman–Crippen MR) is 125 cm³/mol. The first-order valence-corrected chi connectivity index (χ1v) is 10.4. The summed E-state index contributed by atoms with van der Waals surface area (Å²) in [5.74, 6) is -0.139. The molecule has 0 unspecified atom stereocenters. The van der Waals surface area contributed by atoms with E-state index in [1.807, 2.05) is 84.9 Å². The Morgan fingerprint density at radius 1 is 0.875 bits per heavy atom. The number of nitrogens with one attached hydrogen (secondary N) is 2. The lowest BCUT2D eigenvalue weighted by atomic mass is 9.91. The molecule has 0 aliphatic rings. The summed E-state index contributed by atoms with van der Waals surface area (Å²) < 4.78 is 5.13. The molecule has 3 aromatic rings. The summed E-state index contributed by atoms with van der Waals surface area (Å²) in [6, 6.07) is 26.6. The SMILES string of the molecule is COc1ccc(CNC(=O)C/C(C)=N/NC(=O)C(c2ccccc2)c2ccccc2)cc1. The molecule has 0 aliphatic heterocycles. The maximum absolute atomic E-state index is 13.0. The normalized spacial score (nSPS) is 11.2. The number of amides is 2. The van der Waals surface area contributed by atoms with Gasteiger partial charge < -0.3 is 10.1 Å². The van der Waals surface area contributed by atoms with E-state index in [1.165, 1.54) is 0 Å². The number of nitrogens with zero attached hydrogens (tertiary/aromatic N) is 1. The van der Waals surface area contributed by atoms with Gasteiger partial charge in [0.25, 0.3) is 5.91 Å². The molecule has 0 fully saturated rings. The van der Waals surface area contributed by atoms with Crippen molar-refractivity contribution in [2.75, 3.05) is 7.11 Å². The number of methoxy groups -OCH3 is 1. The van der Waals surface area contributed by atoms with Crippen molar-refractivity contribution in [3.05, 3.63) is 102 Å². The summed E-state index contributed by atoms with van der Waals surface area (Å²) in [7, 11) is 1.61. The fraction of sp³-hybridized carbons (Fsp3) is 0.192. The van der Waals surface area contributed by atoms with E-state index < -0.39 is 5.92 Å². The van der Waals surface area contributed by atoms with Crippen LogP contribution in [0, 0.1) is 0 Å². The first-order chi connectivity index (χ1) is 15.6. The van der Waals surface area contributed by atoms with Gasteiger partial charge in [0.1, 0.15) is 5.75 Å². The molecule has 0 atom stereocenters. The summed E-state index contributed by atoms with van der Waals surface area (Å²) in [5, 5.41) is 7.01. The van der Waals surface area contributed by atoms with Gasteiger partial charge in [0, 0.05) is 12.3 Å². The fourth-order valence-electron chi connectivity index (χ4n) is 3.28. The zero-order valence-electron chi connectivity index (χ0n) is 18.2. The van der Waals surface area contributed by atoms with Gasteiger partial charge in [0.05, 0.1) is 19.4 Å². The van der Waals surface area contributed by atoms with Gasteiger partial charge in [-0.2, -0.15) is 5.10 Å². The van der Waals surface area contributed by atoms with Gasteiger partial charge in [0.2, 0.25) is 5.91 Å². The lowest BCUT2D eigenvalue weighted by molar-refractivity contribution is -0.122. The number of carbonyl (C=O) groups excluding carboxylic acids is 2. The highest BCUT2D eigenvalue weighted by molar-refractivity contribution is 6.00. The van der Waals surface area contributed by atoms with E-state index in [2.05, 4.69) is 15.8 Å². The molecule has 2 N–H and O–H groups in total. The molecule has 0 saturated carbocycles. The van der Waals surface area contributed by atoms with Crippen molar-refractivity contribution >= 4 is 17.5 Å². The molecule has 2 amide bonds. The second-order valence-corrected chi connectivity index (χ2v) is 7.38. The van der Waals surface area contributed by atoms with Crippen LogP contribution in [0.1, 0.15) is 36.0 Å². The molecule has 164 valence electrons. The Bertz CT molecular complexity index is 1010. The van der Waals surface area contributed by atoms with Crippen LogP contribution in [-0.4, -0.2) is 24.6 Å². The van der Waals surface area contributed by atoms with Crippen LogP contribution in [0.25, 0.3) is 0 Å². The average Bonchev–Trinajstić information content (AvgIpc) is 2.83. The molecule has 6 nitrogen and oxygen atoms in total. The first-order valence-electron chi connectivity index (χ1n) is 10.4. The van der Waals surface area contributed by atoms with Gasteiger partial charge in [-0.25, -0.2) is 5.43 Å². The Balaban J connectivity index is 1.58. The zero-order chi connectivity index (χ0) is 22.8. The molecule has 0 heterocycles. The van der Waals surface area contributed by atoms with Crippen LogP contribution < -0.4 is 15.5 Å². The topological polar surface area (TPSA) is 79.8 Å². The standard InChI is InChI=1S/C26H27N3O3/c1-19(17-24(30)27-18-20-13-15-23(32-2)16-14-20)28-29-26(31)25(21-9-5-3-6-10-21)22-11-7-4-8-12-22/h3-16,25H,17-18H2,1-2H3,(H,27,30)(H,29,31)/b28-19+. The van der Waals surface area contributed by atoms with E-state index in [-0.39, 0.29) is 18.2 Å². The van der Waals surface area contributed by atoms with Crippen LogP contribution in [0.3, 0.4) is 0 Å². The molecule has 3 aromatic carbocycles. The Morgan fingerprint density at radius 3 is 1.97 bits per heavy atom. The summed E-state index contributed by atoms with van der Waals surface area (Å²) >= 11 is 0. The Hall–Kier alpha value is -3.93. The van der Waals surface area contributed by atoms with Crippen LogP contribution in [0.2, 0.25) is 0 Å². The Labute approximate surface area is 188 Å². The van der Waals surface area contributed by atoms with Crippen LogP contribution in [0.5, 0.6) is 5.75 Å². The molecular formula is C26H27N3O3. The van der Waals surface area contributed by atoms with Crippen molar-refractivity contribution in [1.82, 2.24) is 10.7 Å². The summed E-state index contributed by atoms with van der Waals surface area (Å²) in [4.78, 5) is 25.2. The van der Waals surface area contributed by atoms with Crippen molar-refractivity contribution in [1.29, 1.82) is 0 Å². The van der Waals surface area contributed by atoms with Gasteiger partial charge in [-0.05, 0) is 35.7 Å². The molecule has 0 radical (unpaired) electrons. The largest absolute Gasteiger partial charge is 0.497 e. The third-order valence-electron chi connectivity index (χ3n) is 4.95. The van der Waals surface area contributed by atoms with E-state index in [0.717, 1.165) is 22.4 Å². The molecule has 3 rings (SSSR count). The van der Waals surface area contributed by atoms with Gasteiger partial charge >= 0.3 is 0 Å². The lowest BCUT2D eigenvalue weighted by Crippen LogP contribution is -2.29. The van der Waals surface area contributed by atoms with Gasteiger partial charge in [0.15, 0.2) is 0 Å². The monoisotopic (exact) mass is 429 g/mol. The highest BCUT2D eigenvalue weighted by Gasteiger charge is 2.22. The molecule has 0 bridgehead atoms. The Morgan fingerprint density at radius 2 is 1.44 bits per heavy atom. The number of rotatable bonds is 9. The number of hydrazone groups is 1. The van der Waals surface area contributed by atoms with Crippen molar-refractivity contribution < 1.29 is 14.3 Å². The van der Waals surface area contributed by atoms with Crippen LogP contribution in [0.4, 0.5) is 0 Å². The van der Waals surface area contributed by atoms with E-state index in [1.54, 1.807) is 14.0 Å².